The maximum absolute atomic E-state index is 5.66. The first kappa shape index (κ1) is 12.0. The second-order valence-electron chi connectivity index (χ2n) is 3.76. The number of nitrogen functional groups attached to an aromatic ring is 2. The summed E-state index contributed by atoms with van der Waals surface area (Å²) in [4.78, 5) is 4.18. The third-order valence-electron chi connectivity index (χ3n) is 2.42. The van der Waals surface area contributed by atoms with Gasteiger partial charge in [0.25, 0.3) is 0 Å². The molecule has 5 heteroatoms. The Kier molecular flexibility index (Phi) is 3.37. The van der Waals surface area contributed by atoms with Gasteiger partial charge in [-0.05, 0) is 59.3 Å². The van der Waals surface area contributed by atoms with E-state index in [-0.39, 0.29) is 0 Å². The molecule has 0 amide bonds. The van der Waals surface area contributed by atoms with Gasteiger partial charge in [0.1, 0.15) is 11.6 Å². The maximum atomic E-state index is 5.66. The highest BCUT2D eigenvalue weighted by molar-refractivity contribution is 14.1. The van der Waals surface area contributed by atoms with E-state index in [9.17, 15) is 0 Å². The predicted octanol–water partition coefficient (Wildman–Crippen LogP) is 2.90. The molecular weight excluding hydrogens is 327 g/mol. The van der Waals surface area contributed by atoms with Crippen molar-refractivity contribution in [1.82, 2.24) is 4.98 Å². The van der Waals surface area contributed by atoms with Crippen LogP contribution < -0.4 is 16.8 Å². The van der Waals surface area contributed by atoms with Crippen molar-refractivity contribution in [3.63, 3.8) is 0 Å². The fraction of sp³-hybridized carbons (Fsp3) is 0.0833. The number of nitrogens with zero attached hydrogens (tertiary/aromatic N) is 1. The first-order chi connectivity index (χ1) is 8.06. The zero-order valence-corrected chi connectivity index (χ0v) is 11.5. The number of hydrogen-bond acceptors (Lipinski definition) is 4. The molecule has 1 heterocycles. The van der Waals surface area contributed by atoms with Crippen LogP contribution in [0.1, 0.15) is 5.56 Å². The lowest BCUT2D eigenvalue weighted by atomic mass is 10.2. The number of aryl methyl sites for hydroxylation is 1. The van der Waals surface area contributed by atoms with Crippen LogP contribution in [-0.4, -0.2) is 4.98 Å². The lowest BCUT2D eigenvalue weighted by molar-refractivity contribution is 1.30. The molecule has 4 nitrogen and oxygen atoms in total. The number of rotatable bonds is 2. The van der Waals surface area contributed by atoms with Gasteiger partial charge in [-0.1, -0.05) is 6.07 Å². The number of nitrogens with two attached hydrogens (primary N) is 2. The number of halogens is 1. The molecule has 0 saturated heterocycles. The SMILES string of the molecule is Cc1ccc(I)cc1Nc1ccc(N)c(N)n1. The first-order valence-corrected chi connectivity index (χ1v) is 6.19. The first-order valence-electron chi connectivity index (χ1n) is 5.11. The average Bonchev–Trinajstić information content (AvgIpc) is 2.29. The van der Waals surface area contributed by atoms with E-state index in [0.717, 1.165) is 11.3 Å². The minimum Gasteiger partial charge on any atom is -0.396 e. The number of pyridine rings is 1. The van der Waals surface area contributed by atoms with Crippen LogP contribution in [0, 0.1) is 10.5 Å². The third kappa shape index (κ3) is 2.79. The smallest absolute Gasteiger partial charge is 0.149 e. The Balaban J connectivity index is 2.31. The van der Waals surface area contributed by atoms with Crippen LogP contribution in [0.15, 0.2) is 30.3 Å². The van der Waals surface area contributed by atoms with Crippen LogP contribution in [0.4, 0.5) is 23.0 Å². The van der Waals surface area contributed by atoms with Gasteiger partial charge in [-0.25, -0.2) is 4.98 Å². The Morgan fingerprint density at radius 3 is 2.65 bits per heavy atom. The van der Waals surface area contributed by atoms with E-state index >= 15 is 0 Å². The highest BCUT2D eigenvalue weighted by atomic mass is 127. The molecule has 0 saturated carbocycles. The van der Waals surface area contributed by atoms with E-state index in [2.05, 4.69) is 51.1 Å². The van der Waals surface area contributed by atoms with Gasteiger partial charge in [-0.3, -0.25) is 0 Å². The van der Waals surface area contributed by atoms with Gasteiger partial charge >= 0.3 is 0 Å². The summed E-state index contributed by atoms with van der Waals surface area (Å²) < 4.78 is 1.17. The fourth-order valence-electron chi connectivity index (χ4n) is 1.42. The van der Waals surface area contributed by atoms with Crippen molar-refractivity contribution in [3.8, 4) is 0 Å². The van der Waals surface area contributed by atoms with Gasteiger partial charge in [0, 0.05) is 9.26 Å². The van der Waals surface area contributed by atoms with Crippen molar-refractivity contribution < 1.29 is 0 Å². The summed E-state index contributed by atoms with van der Waals surface area (Å²) in [6.07, 6.45) is 0. The number of hydrogen-bond donors (Lipinski definition) is 3. The van der Waals surface area contributed by atoms with E-state index in [4.69, 9.17) is 11.5 Å². The fourth-order valence-corrected chi connectivity index (χ4v) is 1.91. The van der Waals surface area contributed by atoms with Gasteiger partial charge in [-0.2, -0.15) is 0 Å². The molecule has 1 aromatic carbocycles. The molecule has 0 fully saturated rings. The molecule has 0 spiro atoms. The topological polar surface area (TPSA) is 77.0 Å². The van der Waals surface area contributed by atoms with Gasteiger partial charge in [0.2, 0.25) is 0 Å². The zero-order chi connectivity index (χ0) is 12.4. The van der Waals surface area contributed by atoms with Crippen LogP contribution in [0.3, 0.4) is 0 Å². The van der Waals surface area contributed by atoms with E-state index in [1.54, 1.807) is 6.07 Å². The Labute approximate surface area is 114 Å². The summed E-state index contributed by atoms with van der Waals surface area (Å²) in [7, 11) is 0. The Hall–Kier alpha value is -1.50. The Morgan fingerprint density at radius 2 is 1.94 bits per heavy atom. The second kappa shape index (κ2) is 4.79. The van der Waals surface area contributed by atoms with Crippen LogP contribution in [0.2, 0.25) is 0 Å². The molecule has 0 aliphatic heterocycles. The quantitative estimate of drug-likeness (QED) is 0.735. The number of anilines is 4. The zero-order valence-electron chi connectivity index (χ0n) is 9.37. The maximum Gasteiger partial charge on any atom is 0.149 e. The summed E-state index contributed by atoms with van der Waals surface area (Å²) in [5.41, 5.74) is 14.0. The van der Waals surface area contributed by atoms with E-state index in [1.165, 1.54) is 3.57 Å². The Bertz CT molecular complexity index is 554. The second-order valence-corrected chi connectivity index (χ2v) is 5.00. The molecule has 88 valence electrons. The summed E-state index contributed by atoms with van der Waals surface area (Å²) in [5, 5.41) is 3.23. The normalized spacial score (nSPS) is 10.2. The molecule has 0 bridgehead atoms. The lowest BCUT2D eigenvalue weighted by Gasteiger charge is -2.10. The summed E-state index contributed by atoms with van der Waals surface area (Å²) in [5.74, 6) is 1.04. The van der Waals surface area contributed by atoms with Crippen LogP contribution >= 0.6 is 22.6 Å². The molecule has 2 aromatic rings. The van der Waals surface area contributed by atoms with E-state index in [0.29, 0.717) is 17.3 Å². The van der Waals surface area contributed by atoms with Gasteiger partial charge in [0.15, 0.2) is 0 Å². The molecule has 0 unspecified atom stereocenters. The van der Waals surface area contributed by atoms with E-state index in [1.807, 2.05) is 13.0 Å². The summed E-state index contributed by atoms with van der Waals surface area (Å²) in [6.45, 7) is 2.04. The molecule has 17 heavy (non-hydrogen) atoms. The summed E-state index contributed by atoms with van der Waals surface area (Å²) >= 11 is 2.27. The highest BCUT2D eigenvalue weighted by Gasteiger charge is 2.02. The molecule has 0 radical (unpaired) electrons. The number of nitrogens with one attached hydrogen (secondary N) is 1. The van der Waals surface area contributed by atoms with Crippen molar-refractivity contribution in [1.29, 1.82) is 0 Å². The largest absolute Gasteiger partial charge is 0.396 e. The van der Waals surface area contributed by atoms with Crippen molar-refractivity contribution >= 4 is 45.6 Å². The van der Waals surface area contributed by atoms with Crippen molar-refractivity contribution in [3.05, 3.63) is 39.5 Å². The van der Waals surface area contributed by atoms with Crippen LogP contribution in [0.25, 0.3) is 0 Å². The Morgan fingerprint density at radius 1 is 1.18 bits per heavy atom. The minimum absolute atomic E-state index is 0.346. The van der Waals surface area contributed by atoms with Crippen molar-refractivity contribution in [2.24, 2.45) is 0 Å². The van der Waals surface area contributed by atoms with Crippen LogP contribution in [-0.2, 0) is 0 Å². The number of benzene rings is 1. The highest BCUT2D eigenvalue weighted by Crippen LogP contribution is 2.23. The van der Waals surface area contributed by atoms with E-state index < -0.39 is 0 Å². The molecule has 0 aliphatic rings. The van der Waals surface area contributed by atoms with Crippen molar-refractivity contribution in [2.75, 3.05) is 16.8 Å². The van der Waals surface area contributed by atoms with Gasteiger partial charge in [-0.15, -0.1) is 0 Å². The molecule has 0 aliphatic carbocycles. The molecule has 2 rings (SSSR count). The minimum atomic E-state index is 0.346. The standard InChI is InChI=1S/C12H13IN4/c1-7-2-3-8(13)6-10(7)16-11-5-4-9(14)12(15)17-11/h2-6H,14H2,1H3,(H3,15,16,17). The number of aromatic nitrogens is 1. The van der Waals surface area contributed by atoms with Gasteiger partial charge < -0.3 is 16.8 Å². The van der Waals surface area contributed by atoms with Gasteiger partial charge in [0.05, 0.1) is 5.69 Å². The lowest BCUT2D eigenvalue weighted by Crippen LogP contribution is -2.01. The monoisotopic (exact) mass is 340 g/mol. The third-order valence-corrected chi connectivity index (χ3v) is 3.09. The molecular formula is C12H13IN4. The van der Waals surface area contributed by atoms with Crippen LogP contribution in [0.5, 0.6) is 0 Å². The summed E-state index contributed by atoms with van der Waals surface area (Å²) in [6, 6.07) is 9.74. The molecule has 0 atom stereocenters. The molecule has 1 aromatic heterocycles. The average molecular weight is 340 g/mol. The van der Waals surface area contributed by atoms with Crippen molar-refractivity contribution in [2.45, 2.75) is 6.92 Å². The predicted molar refractivity (Wildman–Crippen MR) is 80.2 cm³/mol. The molecule has 5 N–H and O–H groups in total.